The van der Waals surface area contributed by atoms with Crippen LogP contribution in [0.3, 0.4) is 0 Å². The van der Waals surface area contributed by atoms with Gasteiger partial charge in [0.05, 0.1) is 0 Å². The molecule has 0 aromatic heterocycles. The number of carbonyl (C=O) groups excluding carboxylic acids is 1. The lowest BCUT2D eigenvalue weighted by atomic mass is 10.1. The molecule has 4 nitrogen and oxygen atoms in total. The zero-order chi connectivity index (χ0) is 13.2. The van der Waals surface area contributed by atoms with Gasteiger partial charge in [0.1, 0.15) is 6.04 Å². The number of hydrogen-bond acceptors (Lipinski definition) is 4. The van der Waals surface area contributed by atoms with Crippen molar-refractivity contribution in [2.24, 2.45) is 5.73 Å². The summed E-state index contributed by atoms with van der Waals surface area (Å²) in [6, 6.07) is 8.72. The molecule has 1 rings (SSSR count). The van der Waals surface area contributed by atoms with Gasteiger partial charge < -0.3 is 16.2 Å². The van der Waals surface area contributed by atoms with Gasteiger partial charge in [-0.05, 0) is 17.7 Å². The van der Waals surface area contributed by atoms with Crippen LogP contribution >= 0.6 is 11.8 Å². The minimum absolute atomic E-state index is 0.149. The van der Waals surface area contributed by atoms with E-state index in [1.165, 1.54) is 0 Å². The summed E-state index contributed by atoms with van der Waals surface area (Å²) in [5.74, 6) is 1.61. The van der Waals surface area contributed by atoms with E-state index in [0.29, 0.717) is 6.54 Å². The molecular formula is C13H20N2O2S. The largest absolute Gasteiger partial charge is 0.396 e. The third-order valence-corrected chi connectivity index (χ3v) is 3.50. The van der Waals surface area contributed by atoms with Gasteiger partial charge in [-0.2, -0.15) is 11.8 Å². The van der Waals surface area contributed by atoms with E-state index in [0.717, 1.165) is 23.5 Å². The molecule has 0 aliphatic rings. The first kappa shape index (κ1) is 15.0. The Kier molecular flexibility index (Phi) is 7.48. The summed E-state index contributed by atoms with van der Waals surface area (Å²) in [5, 5.41) is 11.4. The molecule has 1 aromatic carbocycles. The third-order valence-electron chi connectivity index (χ3n) is 2.43. The van der Waals surface area contributed by atoms with E-state index in [9.17, 15) is 4.79 Å². The fraction of sp³-hybridized carbons (Fsp3) is 0.462. The molecule has 0 saturated carbocycles. The fourth-order valence-corrected chi connectivity index (χ4v) is 2.22. The number of carbonyl (C=O) groups is 1. The monoisotopic (exact) mass is 268 g/mol. The Morgan fingerprint density at radius 1 is 1.33 bits per heavy atom. The van der Waals surface area contributed by atoms with Gasteiger partial charge in [-0.25, -0.2) is 0 Å². The van der Waals surface area contributed by atoms with Crippen LogP contribution in [0.5, 0.6) is 0 Å². The number of hydrogen-bond donors (Lipinski definition) is 3. The van der Waals surface area contributed by atoms with Gasteiger partial charge in [0.15, 0.2) is 0 Å². The summed E-state index contributed by atoms with van der Waals surface area (Å²) >= 11 is 1.71. The topological polar surface area (TPSA) is 75.4 Å². The Morgan fingerprint density at radius 2 is 2.06 bits per heavy atom. The molecule has 0 unspecified atom stereocenters. The quantitative estimate of drug-likeness (QED) is 0.613. The lowest BCUT2D eigenvalue weighted by Crippen LogP contribution is -2.35. The molecule has 0 aliphatic heterocycles. The third kappa shape index (κ3) is 5.53. The van der Waals surface area contributed by atoms with Crippen LogP contribution in [0, 0.1) is 0 Å². The van der Waals surface area contributed by atoms with Crippen molar-refractivity contribution in [2.75, 3.05) is 24.7 Å². The van der Waals surface area contributed by atoms with Crippen molar-refractivity contribution in [3.05, 3.63) is 35.9 Å². The van der Waals surface area contributed by atoms with E-state index in [1.54, 1.807) is 11.8 Å². The second kappa shape index (κ2) is 8.97. The highest BCUT2D eigenvalue weighted by Crippen LogP contribution is 2.09. The molecule has 1 aromatic rings. The minimum atomic E-state index is -0.603. The van der Waals surface area contributed by atoms with Gasteiger partial charge in [0, 0.05) is 18.9 Å². The van der Waals surface area contributed by atoms with Crippen LogP contribution in [0.1, 0.15) is 18.0 Å². The van der Waals surface area contributed by atoms with Gasteiger partial charge in [0.2, 0.25) is 5.91 Å². The Balaban J connectivity index is 2.20. The Morgan fingerprint density at radius 3 is 2.72 bits per heavy atom. The van der Waals surface area contributed by atoms with Gasteiger partial charge in [-0.1, -0.05) is 30.3 Å². The van der Waals surface area contributed by atoms with Gasteiger partial charge in [0.25, 0.3) is 0 Å². The summed E-state index contributed by atoms with van der Waals surface area (Å²) in [4.78, 5) is 11.7. The highest BCUT2D eigenvalue weighted by Gasteiger charge is 2.14. The molecule has 100 valence electrons. The Labute approximate surface area is 112 Å². The number of rotatable bonds is 8. The maximum Gasteiger partial charge on any atom is 0.241 e. The number of aliphatic hydroxyl groups excluding tert-OH is 1. The number of thioether (sulfide) groups is 1. The van der Waals surface area contributed by atoms with E-state index in [4.69, 9.17) is 10.8 Å². The van der Waals surface area contributed by atoms with Gasteiger partial charge in [-0.15, -0.1) is 0 Å². The minimum Gasteiger partial charge on any atom is -0.396 e. The zero-order valence-electron chi connectivity index (χ0n) is 10.3. The second-order valence-corrected chi connectivity index (χ2v) is 5.09. The lowest BCUT2D eigenvalue weighted by molar-refractivity contribution is -0.122. The SMILES string of the molecule is N[C@H](C(=O)NCCSCCCO)c1ccccc1. The number of nitrogens with one attached hydrogen (secondary N) is 1. The van der Waals surface area contributed by atoms with Gasteiger partial charge in [-0.3, -0.25) is 4.79 Å². The normalized spacial score (nSPS) is 12.1. The molecule has 18 heavy (non-hydrogen) atoms. The first-order valence-corrected chi connectivity index (χ1v) is 7.18. The van der Waals surface area contributed by atoms with Crippen molar-refractivity contribution < 1.29 is 9.90 Å². The molecule has 5 heteroatoms. The average molecular weight is 268 g/mol. The van der Waals surface area contributed by atoms with Crippen molar-refractivity contribution >= 4 is 17.7 Å². The van der Waals surface area contributed by atoms with Crippen LogP contribution in [-0.4, -0.2) is 35.7 Å². The lowest BCUT2D eigenvalue weighted by Gasteiger charge is -2.12. The van der Waals surface area contributed by atoms with Crippen LogP contribution in [0.2, 0.25) is 0 Å². The number of amides is 1. The highest BCUT2D eigenvalue weighted by atomic mass is 32.2. The number of nitrogens with two attached hydrogens (primary N) is 1. The number of aliphatic hydroxyl groups is 1. The van der Waals surface area contributed by atoms with Crippen LogP contribution in [0.4, 0.5) is 0 Å². The molecule has 0 bridgehead atoms. The molecule has 0 aliphatic carbocycles. The van der Waals surface area contributed by atoms with Crippen molar-refractivity contribution in [1.82, 2.24) is 5.32 Å². The highest BCUT2D eigenvalue weighted by molar-refractivity contribution is 7.99. The van der Waals surface area contributed by atoms with E-state index < -0.39 is 6.04 Å². The van der Waals surface area contributed by atoms with Crippen molar-refractivity contribution in [3.8, 4) is 0 Å². The predicted molar refractivity (Wildman–Crippen MR) is 75.4 cm³/mol. The standard InChI is InChI=1S/C13H20N2O2S/c14-12(11-5-2-1-3-6-11)13(17)15-7-10-18-9-4-8-16/h1-3,5-6,12,16H,4,7-10,14H2,(H,15,17)/t12-/m0/s1. The van der Waals surface area contributed by atoms with Crippen LogP contribution in [0.15, 0.2) is 30.3 Å². The van der Waals surface area contributed by atoms with Crippen molar-refractivity contribution in [1.29, 1.82) is 0 Å². The maximum atomic E-state index is 11.7. The van der Waals surface area contributed by atoms with Crippen LogP contribution < -0.4 is 11.1 Å². The smallest absolute Gasteiger partial charge is 0.241 e. The average Bonchev–Trinajstić information content (AvgIpc) is 2.42. The molecule has 0 spiro atoms. The van der Waals surface area contributed by atoms with Crippen LogP contribution in [-0.2, 0) is 4.79 Å². The van der Waals surface area contributed by atoms with E-state index in [1.807, 2.05) is 30.3 Å². The molecular weight excluding hydrogens is 248 g/mol. The van der Waals surface area contributed by atoms with E-state index >= 15 is 0 Å². The molecule has 1 atom stereocenters. The number of benzene rings is 1. The first-order valence-electron chi connectivity index (χ1n) is 6.02. The molecule has 4 N–H and O–H groups in total. The summed E-state index contributed by atoms with van der Waals surface area (Å²) in [6.45, 7) is 0.827. The zero-order valence-corrected chi connectivity index (χ0v) is 11.2. The Hall–Kier alpha value is -1.04. The van der Waals surface area contributed by atoms with E-state index in [-0.39, 0.29) is 12.5 Å². The molecule has 0 fully saturated rings. The Bertz CT molecular complexity index is 346. The molecule has 0 saturated heterocycles. The summed E-state index contributed by atoms with van der Waals surface area (Å²) in [7, 11) is 0. The summed E-state index contributed by atoms with van der Waals surface area (Å²) < 4.78 is 0. The fourth-order valence-electron chi connectivity index (χ4n) is 1.44. The maximum absolute atomic E-state index is 11.7. The van der Waals surface area contributed by atoms with Crippen molar-refractivity contribution in [2.45, 2.75) is 12.5 Å². The molecule has 0 heterocycles. The van der Waals surface area contributed by atoms with E-state index in [2.05, 4.69) is 5.32 Å². The van der Waals surface area contributed by atoms with Crippen molar-refractivity contribution in [3.63, 3.8) is 0 Å². The molecule has 1 amide bonds. The predicted octanol–water partition coefficient (Wildman–Crippen LogP) is 0.918. The summed E-state index contributed by atoms with van der Waals surface area (Å²) in [5.41, 5.74) is 6.67. The van der Waals surface area contributed by atoms with Gasteiger partial charge >= 0.3 is 0 Å². The second-order valence-electron chi connectivity index (χ2n) is 3.87. The summed E-state index contributed by atoms with van der Waals surface area (Å²) in [6.07, 6.45) is 0.794. The first-order chi connectivity index (χ1) is 8.75. The van der Waals surface area contributed by atoms with Crippen LogP contribution in [0.25, 0.3) is 0 Å². The molecule has 0 radical (unpaired) electrons.